The first-order valence-corrected chi connectivity index (χ1v) is 38.3. The van der Waals surface area contributed by atoms with Gasteiger partial charge in [0, 0.05) is 105 Å². The third-order valence-electron chi connectivity index (χ3n) is 21.9. The summed E-state index contributed by atoms with van der Waals surface area (Å²) in [6.45, 7) is 36.4. The third kappa shape index (κ3) is 12.3. The maximum Gasteiger partial charge on any atom is 0.113 e. The summed E-state index contributed by atoms with van der Waals surface area (Å²) >= 11 is 0. The van der Waals surface area contributed by atoms with Gasteiger partial charge in [0.25, 0.3) is 0 Å². The van der Waals surface area contributed by atoms with Crippen molar-refractivity contribution < 1.29 is 0 Å². The van der Waals surface area contributed by atoms with Gasteiger partial charge in [-0.15, -0.1) is 0 Å². The Bertz CT molecular complexity index is 5360. The van der Waals surface area contributed by atoms with E-state index in [1.54, 1.807) is 24.8 Å². The van der Waals surface area contributed by atoms with Gasteiger partial charge in [-0.25, -0.2) is 0 Å². The number of aryl methyl sites for hydroxylation is 4. The van der Waals surface area contributed by atoms with Crippen LogP contribution in [-0.2, 0) is 47.3 Å². The van der Waals surface area contributed by atoms with Crippen LogP contribution in [0.3, 0.4) is 0 Å². The lowest BCUT2D eigenvalue weighted by Gasteiger charge is -2.36. The molecular formula is C96H94N12. The van der Waals surface area contributed by atoms with Gasteiger partial charge in [-0.2, -0.15) is 0 Å². The van der Waals surface area contributed by atoms with Crippen LogP contribution in [0, 0.1) is 0 Å². The molecule has 538 valence electrons. The second kappa shape index (κ2) is 27.2. The fourth-order valence-corrected chi connectivity index (χ4v) is 16.1. The quantitative estimate of drug-likeness (QED) is 0.0858. The fourth-order valence-electron chi connectivity index (χ4n) is 16.1. The number of aromatic nitrogens is 8. The minimum Gasteiger partial charge on any atom is -0.307 e. The van der Waals surface area contributed by atoms with Gasteiger partial charge in [-0.05, 0) is 177 Å². The second-order valence-electron chi connectivity index (χ2n) is 32.8. The average molecular weight is 1420 g/mol. The Morgan fingerprint density at radius 1 is 0.231 bits per heavy atom. The number of hydrogen-bond acceptors (Lipinski definition) is 12. The number of anilines is 12. The Kier molecular flexibility index (Phi) is 17.8. The maximum absolute atomic E-state index is 5.34. The fraction of sp³-hybridized carbons (Fsp3) is 0.250. The zero-order valence-electron chi connectivity index (χ0n) is 65.1. The van der Waals surface area contributed by atoms with E-state index in [0.717, 1.165) is 193 Å². The van der Waals surface area contributed by atoms with Crippen molar-refractivity contribution in [1.82, 2.24) is 39.9 Å². The largest absolute Gasteiger partial charge is 0.307 e. The van der Waals surface area contributed by atoms with E-state index in [1.165, 1.54) is 22.3 Å². The van der Waals surface area contributed by atoms with Crippen LogP contribution in [0.4, 0.5) is 68.2 Å². The normalized spacial score (nSPS) is 12.4. The molecule has 12 aromatic carbocycles. The summed E-state index contributed by atoms with van der Waals surface area (Å²) in [7, 11) is 0. The molecule has 0 aliphatic rings. The van der Waals surface area contributed by atoms with Crippen molar-refractivity contribution in [2.24, 2.45) is 0 Å². The molecule has 16 aromatic rings. The van der Waals surface area contributed by atoms with Gasteiger partial charge in [-0.1, -0.05) is 208 Å². The summed E-state index contributed by atoms with van der Waals surface area (Å²) in [6.07, 6.45) is 17.5. The van der Waals surface area contributed by atoms with Gasteiger partial charge in [0.2, 0.25) is 0 Å². The lowest BCUT2D eigenvalue weighted by molar-refractivity contribution is 0.590. The van der Waals surface area contributed by atoms with Gasteiger partial charge in [0.15, 0.2) is 0 Å². The van der Waals surface area contributed by atoms with E-state index < -0.39 is 0 Å². The SMILES string of the molecule is CCc1ccc2nccnc2c1N(c1ccc(C(C)(C)C)cc1)c1cc(N(c2ccc(C(C)(C)C)cc2)c2c(CC)ccc3nccnc23)c2ccc3c(N(c4ccc(C(C)(C)C)cc4)c4c(CC)ccc5nccnc45)cc(N(c4ccc(C(C)(C)C)cc4)c4c(CC)ccc5nccnc45)c4ccc1c2c43. The average Bonchev–Trinajstić information content (AvgIpc) is 0.695. The van der Waals surface area contributed by atoms with Gasteiger partial charge in [0.1, 0.15) is 22.1 Å². The summed E-state index contributed by atoms with van der Waals surface area (Å²) in [6, 6.07) is 69.0. The highest BCUT2D eigenvalue weighted by Crippen LogP contribution is 2.58. The highest BCUT2D eigenvalue weighted by Gasteiger charge is 2.35. The molecule has 0 amide bonds. The molecule has 108 heavy (non-hydrogen) atoms. The summed E-state index contributed by atoms with van der Waals surface area (Å²) < 4.78 is 0. The number of nitrogens with zero attached hydrogens (tertiary/aromatic N) is 12. The molecule has 0 aliphatic heterocycles. The number of hydrogen-bond donors (Lipinski definition) is 0. The van der Waals surface area contributed by atoms with E-state index in [1.807, 2.05) is 24.8 Å². The van der Waals surface area contributed by atoms with Crippen LogP contribution in [0.1, 0.15) is 155 Å². The molecule has 0 saturated heterocycles. The zero-order chi connectivity index (χ0) is 75.3. The van der Waals surface area contributed by atoms with Crippen LogP contribution >= 0.6 is 0 Å². The van der Waals surface area contributed by atoms with E-state index in [-0.39, 0.29) is 21.7 Å². The van der Waals surface area contributed by atoms with E-state index >= 15 is 0 Å². The van der Waals surface area contributed by atoms with E-state index in [4.69, 9.17) is 39.9 Å². The van der Waals surface area contributed by atoms with Gasteiger partial charge >= 0.3 is 0 Å². The minimum atomic E-state index is -0.127. The molecular weight excluding hydrogens is 1320 g/mol. The smallest absolute Gasteiger partial charge is 0.113 e. The van der Waals surface area contributed by atoms with Crippen LogP contribution in [0.2, 0.25) is 0 Å². The molecule has 0 fully saturated rings. The van der Waals surface area contributed by atoms with Crippen molar-refractivity contribution >= 4 is 145 Å². The van der Waals surface area contributed by atoms with Crippen LogP contribution in [0.5, 0.6) is 0 Å². The van der Waals surface area contributed by atoms with Crippen molar-refractivity contribution in [3.8, 4) is 0 Å². The standard InChI is InChI=1S/C96H94N12/c1-17-59-21-45-75-85(101-53-49-97-75)89(59)105(67-33-25-63(26-34-67)93(5,6)7)79-57-80(106(68-35-27-64(28-36-68)94(8,9)10)90-60(18-2)22-46-76-86(90)102-54-50-98-76)72-43-44-74-82(108(70-39-31-66(32-40-70)96(14,15)16)92-62(20-4)24-48-78-88(92)104-56-52-100-78)58-81(73-42-41-71(79)83(72)84(73)74)107(69-37-29-65(30-38-69)95(11,12)13)91-61(19-3)23-47-77-87(91)103-55-51-99-77/h21-58H,17-20H2,1-16H3. The number of fused-ring (bicyclic) bond motifs is 4. The molecule has 0 N–H and O–H groups in total. The van der Waals surface area contributed by atoms with Crippen molar-refractivity contribution in [2.75, 3.05) is 19.6 Å². The molecule has 0 radical (unpaired) electrons. The summed E-state index contributed by atoms with van der Waals surface area (Å²) in [5.74, 6) is 0. The van der Waals surface area contributed by atoms with E-state index in [9.17, 15) is 0 Å². The Morgan fingerprint density at radius 2 is 0.426 bits per heavy atom. The maximum atomic E-state index is 5.34. The Morgan fingerprint density at radius 3 is 0.611 bits per heavy atom. The predicted octanol–water partition coefficient (Wildman–Crippen LogP) is 25.7. The molecule has 12 heteroatoms. The topological polar surface area (TPSA) is 116 Å². The zero-order valence-corrected chi connectivity index (χ0v) is 65.1. The molecule has 0 atom stereocenters. The third-order valence-corrected chi connectivity index (χ3v) is 21.9. The molecule has 4 aromatic heterocycles. The van der Waals surface area contributed by atoms with Crippen LogP contribution in [0.15, 0.2) is 232 Å². The van der Waals surface area contributed by atoms with Crippen LogP contribution < -0.4 is 19.6 Å². The Balaban J connectivity index is 1.17. The highest BCUT2D eigenvalue weighted by atomic mass is 15.2. The van der Waals surface area contributed by atoms with Crippen molar-refractivity contribution in [3.63, 3.8) is 0 Å². The second-order valence-corrected chi connectivity index (χ2v) is 32.8. The number of rotatable bonds is 16. The minimum absolute atomic E-state index is 0.127. The van der Waals surface area contributed by atoms with Crippen LogP contribution in [0.25, 0.3) is 76.5 Å². The highest BCUT2D eigenvalue weighted by molar-refractivity contribution is 6.33. The predicted molar refractivity (Wildman–Crippen MR) is 454 cm³/mol. The van der Waals surface area contributed by atoms with Crippen molar-refractivity contribution in [2.45, 2.75) is 158 Å². The van der Waals surface area contributed by atoms with Crippen molar-refractivity contribution in [1.29, 1.82) is 0 Å². The Hall–Kier alpha value is -11.8. The molecule has 0 bridgehead atoms. The van der Waals surface area contributed by atoms with E-state index in [0.29, 0.717) is 0 Å². The molecule has 0 saturated carbocycles. The molecule has 12 nitrogen and oxygen atoms in total. The van der Waals surface area contributed by atoms with Gasteiger partial charge in [-0.3, -0.25) is 39.9 Å². The van der Waals surface area contributed by atoms with Crippen LogP contribution in [-0.4, -0.2) is 39.9 Å². The first-order chi connectivity index (χ1) is 51.9. The molecule has 0 aliphatic carbocycles. The molecule has 16 rings (SSSR count). The monoisotopic (exact) mass is 1410 g/mol. The molecule has 0 unspecified atom stereocenters. The first-order valence-electron chi connectivity index (χ1n) is 38.3. The molecule has 0 spiro atoms. The van der Waals surface area contributed by atoms with Crippen molar-refractivity contribution in [3.05, 3.63) is 276 Å². The Labute approximate surface area is 634 Å². The lowest BCUT2D eigenvalue weighted by atomic mass is 9.86. The van der Waals surface area contributed by atoms with E-state index in [2.05, 4.69) is 312 Å². The van der Waals surface area contributed by atoms with Gasteiger partial charge < -0.3 is 19.6 Å². The first kappa shape index (κ1) is 70.5. The lowest BCUT2D eigenvalue weighted by Crippen LogP contribution is -2.19. The molecule has 4 heterocycles. The number of benzene rings is 12. The van der Waals surface area contributed by atoms with Gasteiger partial charge in [0.05, 0.1) is 67.6 Å². The summed E-state index contributed by atoms with van der Waals surface area (Å²) in [5, 5.41) is 6.27. The summed E-state index contributed by atoms with van der Waals surface area (Å²) in [4.78, 5) is 51.7. The summed E-state index contributed by atoms with van der Waals surface area (Å²) in [5.41, 5.74) is 26.9.